The molecule has 41 heavy (non-hydrogen) atoms. The molecule has 2 rings (SSSR count). The maximum Gasteiger partial charge on any atom is 0.417 e. The molecule has 0 aromatic heterocycles. The predicted octanol–water partition coefficient (Wildman–Crippen LogP) is 9.41. The van der Waals surface area contributed by atoms with Crippen LogP contribution in [0, 0.1) is 0 Å². The van der Waals surface area contributed by atoms with E-state index in [1.807, 2.05) is 0 Å². The van der Waals surface area contributed by atoms with E-state index in [0.29, 0.717) is 24.6 Å². The van der Waals surface area contributed by atoms with E-state index in [2.05, 4.69) is 6.92 Å². The fourth-order valence-corrected chi connectivity index (χ4v) is 7.00. The zero-order chi connectivity index (χ0) is 30.5. The second kappa shape index (κ2) is 16.1. The number of unbranched alkanes of at least 4 members (excludes halogenated alkanes) is 9. The van der Waals surface area contributed by atoms with Gasteiger partial charge in [-0.3, -0.25) is 9.59 Å². The van der Waals surface area contributed by atoms with Crippen molar-refractivity contribution in [2.45, 2.75) is 89.9 Å². The maximum atomic E-state index is 14.0. The van der Waals surface area contributed by atoms with Crippen molar-refractivity contribution in [1.82, 2.24) is 0 Å². The largest absolute Gasteiger partial charge is 0.466 e. The lowest BCUT2D eigenvalue weighted by Gasteiger charge is -2.22. The minimum Gasteiger partial charge on any atom is -0.466 e. The van der Waals surface area contributed by atoms with Crippen LogP contribution in [0.5, 0.6) is 0 Å². The van der Waals surface area contributed by atoms with Gasteiger partial charge >= 0.3 is 18.3 Å². The Bertz CT molecular complexity index is 1130. The summed E-state index contributed by atoms with van der Waals surface area (Å²) in [7, 11) is -4.64. The zero-order valence-corrected chi connectivity index (χ0v) is 24.1. The van der Waals surface area contributed by atoms with Gasteiger partial charge in [-0.15, -0.1) is 0 Å². The van der Waals surface area contributed by atoms with Crippen LogP contribution in [0.1, 0.15) is 99.0 Å². The Morgan fingerprint density at radius 3 is 1.68 bits per heavy atom. The van der Waals surface area contributed by atoms with Crippen LogP contribution in [0.25, 0.3) is 0 Å². The maximum absolute atomic E-state index is 14.0. The lowest BCUT2D eigenvalue weighted by atomic mass is 10.0. The highest BCUT2D eigenvalue weighted by molar-refractivity contribution is 7.87. The Morgan fingerprint density at radius 1 is 0.707 bits per heavy atom. The van der Waals surface area contributed by atoms with Crippen molar-refractivity contribution in [1.29, 1.82) is 0 Å². The molecule has 0 aliphatic rings. The van der Waals surface area contributed by atoms with Crippen LogP contribution < -0.4 is 5.30 Å². The van der Waals surface area contributed by atoms with Crippen molar-refractivity contribution in [3.8, 4) is 0 Å². The van der Waals surface area contributed by atoms with E-state index >= 15 is 0 Å². The molecule has 0 fully saturated rings. The van der Waals surface area contributed by atoms with E-state index < -0.39 is 60.3 Å². The van der Waals surface area contributed by atoms with Gasteiger partial charge in [0, 0.05) is 11.5 Å². The van der Waals surface area contributed by atoms with Gasteiger partial charge in [0.15, 0.2) is 7.14 Å². The lowest BCUT2D eigenvalue weighted by Crippen LogP contribution is -2.24. The average Bonchev–Trinajstić information content (AvgIpc) is 2.93. The quantitative estimate of drug-likeness (QED) is 0.0779. The first-order valence-electron chi connectivity index (χ1n) is 13.9. The molecule has 0 spiro atoms. The second-order valence-corrected chi connectivity index (χ2v) is 12.8. The summed E-state index contributed by atoms with van der Waals surface area (Å²) in [4.78, 5) is 25.8. The van der Waals surface area contributed by atoms with Gasteiger partial charge in [-0.25, -0.2) is 0 Å². The number of hydrogen-bond acceptors (Lipinski definition) is 4. The third kappa shape index (κ3) is 10.6. The Balaban J connectivity index is 2.10. The van der Waals surface area contributed by atoms with Crippen LogP contribution in [0.4, 0.5) is 26.3 Å². The van der Waals surface area contributed by atoms with Crippen molar-refractivity contribution < 1.29 is 45.2 Å². The zero-order valence-electron chi connectivity index (χ0n) is 23.2. The third-order valence-corrected chi connectivity index (χ3v) is 9.65. The number of hydrogen-bond donors (Lipinski definition) is 0. The molecule has 0 aliphatic heterocycles. The number of alkyl halides is 6. The van der Waals surface area contributed by atoms with Gasteiger partial charge in [0.25, 0.3) is 0 Å². The van der Waals surface area contributed by atoms with Gasteiger partial charge in [-0.2, -0.15) is 26.3 Å². The van der Waals surface area contributed by atoms with Crippen molar-refractivity contribution in [2.75, 3.05) is 12.8 Å². The molecule has 0 saturated heterocycles. The number of rotatable bonds is 17. The number of halogens is 6. The fraction of sp³-hybridized carbons (Fsp3) is 0.533. The highest BCUT2D eigenvalue weighted by Crippen LogP contribution is 2.52. The smallest absolute Gasteiger partial charge is 0.417 e. The van der Waals surface area contributed by atoms with Gasteiger partial charge in [0.1, 0.15) is 0 Å². The van der Waals surface area contributed by atoms with Crippen LogP contribution in [-0.2, 0) is 26.4 Å². The molecule has 0 aliphatic carbocycles. The Labute approximate surface area is 237 Å². The topological polar surface area (TPSA) is 60.4 Å². The van der Waals surface area contributed by atoms with Crippen molar-refractivity contribution in [3.05, 3.63) is 65.2 Å². The molecule has 0 saturated carbocycles. The number of carbonyl (C=O) groups is 2. The van der Waals surface area contributed by atoms with E-state index in [1.54, 1.807) is 0 Å². The SMILES string of the molecule is CCCCCCCCCCCCOC(=O)CCP(=O)(C(=O)c1c(C(F)(F)F)cccc1C(F)(F)F)c1ccccc1. The van der Waals surface area contributed by atoms with Gasteiger partial charge in [-0.05, 0) is 18.6 Å². The van der Waals surface area contributed by atoms with E-state index in [9.17, 15) is 40.5 Å². The Hall–Kier alpha value is -2.61. The van der Waals surface area contributed by atoms with E-state index in [4.69, 9.17) is 4.74 Å². The van der Waals surface area contributed by atoms with Gasteiger partial charge < -0.3 is 9.30 Å². The molecule has 0 amide bonds. The summed E-state index contributed by atoms with van der Waals surface area (Å²) in [6, 6.07) is 7.83. The summed E-state index contributed by atoms with van der Waals surface area (Å²) in [5.41, 5.74) is -7.18. The Morgan fingerprint density at radius 2 is 1.20 bits per heavy atom. The molecule has 0 N–H and O–H groups in total. The van der Waals surface area contributed by atoms with Gasteiger partial charge in [0.2, 0.25) is 5.52 Å². The molecule has 0 heterocycles. The molecular formula is C30H37F6O4P. The van der Waals surface area contributed by atoms with E-state index in [1.165, 1.54) is 62.4 Å². The summed E-state index contributed by atoms with van der Waals surface area (Å²) in [5, 5.41) is -0.238. The predicted molar refractivity (Wildman–Crippen MR) is 147 cm³/mol. The number of ether oxygens (including phenoxy) is 1. The lowest BCUT2D eigenvalue weighted by molar-refractivity contribution is -0.144. The first-order chi connectivity index (χ1) is 19.3. The van der Waals surface area contributed by atoms with Crippen molar-refractivity contribution >= 4 is 23.9 Å². The standard InChI is InChI=1S/C30H37F6O4P/c1-2-3-4-5-6-7-8-9-10-14-21-40-26(37)20-22-41(39,23-16-12-11-13-17-23)28(38)27-24(29(31,32)33)18-15-19-25(27)30(34,35)36/h11-13,15-19H,2-10,14,20-22H2,1H3. The first-order valence-corrected chi connectivity index (χ1v) is 15.8. The minimum absolute atomic E-state index is 0.0774. The highest BCUT2D eigenvalue weighted by atomic mass is 31.2. The molecule has 2 aromatic rings. The van der Waals surface area contributed by atoms with Crippen molar-refractivity contribution in [2.24, 2.45) is 0 Å². The van der Waals surface area contributed by atoms with Crippen LogP contribution in [0.3, 0.4) is 0 Å². The van der Waals surface area contributed by atoms with Gasteiger partial charge in [-0.1, -0.05) is 101 Å². The Kier molecular flexibility index (Phi) is 13.6. The summed E-state index contributed by atoms with van der Waals surface area (Å²) in [6.07, 6.45) is -1.31. The van der Waals surface area contributed by atoms with Gasteiger partial charge in [0.05, 0.1) is 29.7 Å². The normalized spacial score (nSPS) is 13.5. The highest BCUT2D eigenvalue weighted by Gasteiger charge is 2.47. The fourth-order valence-electron chi connectivity index (χ4n) is 4.55. The summed E-state index contributed by atoms with van der Waals surface area (Å²) in [6.45, 7) is 2.24. The molecule has 1 atom stereocenters. The molecule has 1 unspecified atom stereocenters. The number of esters is 1. The molecule has 0 radical (unpaired) electrons. The van der Waals surface area contributed by atoms with Crippen LogP contribution >= 0.6 is 7.14 Å². The van der Waals surface area contributed by atoms with Crippen LogP contribution in [-0.4, -0.2) is 24.3 Å². The summed E-state index contributed by atoms with van der Waals surface area (Å²) < 4.78 is 102. The number of carbonyl (C=O) groups excluding carboxylic acids is 2. The number of benzene rings is 2. The second-order valence-electron chi connectivity index (χ2n) is 9.98. The third-order valence-electron chi connectivity index (χ3n) is 6.78. The van der Waals surface area contributed by atoms with Crippen LogP contribution in [0.15, 0.2) is 48.5 Å². The molecule has 4 nitrogen and oxygen atoms in total. The van der Waals surface area contributed by atoms with E-state index in [0.717, 1.165) is 25.7 Å². The molecule has 228 valence electrons. The summed E-state index contributed by atoms with van der Waals surface area (Å²) in [5.74, 6) is -0.829. The molecule has 0 bridgehead atoms. The van der Waals surface area contributed by atoms with Crippen LogP contribution in [0.2, 0.25) is 0 Å². The average molecular weight is 607 g/mol. The molecular weight excluding hydrogens is 569 g/mol. The van der Waals surface area contributed by atoms with Crippen molar-refractivity contribution in [3.63, 3.8) is 0 Å². The monoisotopic (exact) mass is 606 g/mol. The molecule has 2 aromatic carbocycles. The summed E-state index contributed by atoms with van der Waals surface area (Å²) >= 11 is 0. The van der Waals surface area contributed by atoms with E-state index in [-0.39, 0.29) is 11.9 Å². The first kappa shape index (κ1) is 34.6. The molecule has 11 heteroatoms. The minimum atomic E-state index is -5.32.